The van der Waals surface area contributed by atoms with Crippen LogP contribution in [0.15, 0.2) is 29.2 Å². The van der Waals surface area contributed by atoms with Gasteiger partial charge in [-0.2, -0.15) is 0 Å². The third-order valence-corrected chi connectivity index (χ3v) is 4.45. The summed E-state index contributed by atoms with van der Waals surface area (Å²) in [6.45, 7) is 1.94. The van der Waals surface area contributed by atoms with E-state index in [4.69, 9.17) is 0 Å². The number of carbonyl (C=O) groups excluding carboxylic acids is 2. The number of nitrogens with one attached hydrogen (secondary N) is 2. The average molecular weight is 327 g/mol. The molecule has 0 aliphatic heterocycles. The van der Waals surface area contributed by atoms with Gasteiger partial charge in [0.05, 0.1) is 11.4 Å². The number of rotatable bonds is 5. The Labute approximate surface area is 130 Å². The number of hydrogen-bond donors (Lipinski definition) is 2. The van der Waals surface area contributed by atoms with Gasteiger partial charge in [-0.3, -0.25) is 15.0 Å². The van der Waals surface area contributed by atoms with Crippen LogP contribution in [-0.4, -0.2) is 52.2 Å². The minimum Gasteiger partial charge on any atom is -0.341 e. The standard InChI is InChI=1S/C14H21N3O4S/c1-10(17(3)9-13(18)16-14(19)15-2)11-5-7-12(8-6-11)22(4,20)21/h5-8,10H,9H2,1-4H3,(H2,15,16,18,19)/t10-/m1/s1. The zero-order chi connectivity index (χ0) is 16.9. The van der Waals surface area contributed by atoms with Crippen LogP contribution in [0, 0.1) is 0 Å². The normalized spacial score (nSPS) is 12.8. The highest BCUT2D eigenvalue weighted by molar-refractivity contribution is 7.90. The van der Waals surface area contributed by atoms with Crippen molar-refractivity contribution in [2.24, 2.45) is 0 Å². The maximum absolute atomic E-state index is 11.7. The fourth-order valence-electron chi connectivity index (χ4n) is 1.84. The Bertz CT molecular complexity index is 641. The first-order valence-electron chi connectivity index (χ1n) is 6.67. The van der Waals surface area contributed by atoms with Crippen LogP contribution in [0.1, 0.15) is 18.5 Å². The van der Waals surface area contributed by atoms with Gasteiger partial charge in [0.15, 0.2) is 9.84 Å². The molecule has 0 aliphatic rings. The van der Waals surface area contributed by atoms with Crippen molar-refractivity contribution >= 4 is 21.8 Å². The molecule has 3 amide bonds. The van der Waals surface area contributed by atoms with Gasteiger partial charge in [0.2, 0.25) is 5.91 Å². The van der Waals surface area contributed by atoms with Gasteiger partial charge in [0.1, 0.15) is 0 Å². The lowest BCUT2D eigenvalue weighted by molar-refractivity contribution is -0.121. The molecule has 8 heteroatoms. The summed E-state index contributed by atoms with van der Waals surface area (Å²) in [4.78, 5) is 24.7. The molecule has 2 N–H and O–H groups in total. The summed E-state index contributed by atoms with van der Waals surface area (Å²) in [5.74, 6) is -0.415. The maximum Gasteiger partial charge on any atom is 0.321 e. The zero-order valence-electron chi connectivity index (χ0n) is 13.1. The topological polar surface area (TPSA) is 95.6 Å². The number of amides is 3. The Morgan fingerprint density at radius 2 is 1.77 bits per heavy atom. The van der Waals surface area contributed by atoms with Gasteiger partial charge in [-0.25, -0.2) is 13.2 Å². The number of imide groups is 1. The van der Waals surface area contributed by atoms with Crippen LogP contribution in [0.5, 0.6) is 0 Å². The van der Waals surface area contributed by atoms with E-state index in [0.717, 1.165) is 11.8 Å². The van der Waals surface area contributed by atoms with Gasteiger partial charge >= 0.3 is 6.03 Å². The largest absolute Gasteiger partial charge is 0.341 e. The molecule has 0 unspecified atom stereocenters. The quantitative estimate of drug-likeness (QED) is 0.823. The number of likely N-dealkylation sites (N-methyl/N-ethyl adjacent to an activating group) is 1. The van der Waals surface area contributed by atoms with Crippen molar-refractivity contribution in [3.8, 4) is 0 Å². The van der Waals surface area contributed by atoms with Gasteiger partial charge < -0.3 is 5.32 Å². The molecule has 1 aromatic carbocycles. The summed E-state index contributed by atoms with van der Waals surface area (Å²) in [6.07, 6.45) is 1.15. The molecule has 1 rings (SSSR count). The average Bonchev–Trinajstić information content (AvgIpc) is 2.45. The molecule has 0 spiro atoms. The summed E-state index contributed by atoms with van der Waals surface area (Å²) in [5, 5.41) is 4.49. The molecule has 0 saturated heterocycles. The number of carbonyl (C=O) groups is 2. The first-order chi connectivity index (χ1) is 10.1. The molecule has 0 heterocycles. The number of urea groups is 1. The van der Waals surface area contributed by atoms with Crippen molar-refractivity contribution < 1.29 is 18.0 Å². The molecule has 0 saturated carbocycles. The molecule has 0 bridgehead atoms. The van der Waals surface area contributed by atoms with Crippen molar-refractivity contribution in [2.45, 2.75) is 17.9 Å². The molecule has 0 aromatic heterocycles. The summed E-state index contributed by atoms with van der Waals surface area (Å²) in [5.41, 5.74) is 0.877. The van der Waals surface area contributed by atoms with Gasteiger partial charge in [0, 0.05) is 19.3 Å². The molecule has 122 valence electrons. The van der Waals surface area contributed by atoms with E-state index in [0.29, 0.717) is 0 Å². The highest BCUT2D eigenvalue weighted by Crippen LogP contribution is 2.20. The smallest absolute Gasteiger partial charge is 0.321 e. The van der Waals surface area contributed by atoms with Crippen LogP contribution in [0.3, 0.4) is 0 Å². The number of sulfone groups is 1. The second kappa shape index (κ2) is 7.37. The van der Waals surface area contributed by atoms with E-state index in [9.17, 15) is 18.0 Å². The van der Waals surface area contributed by atoms with Crippen LogP contribution >= 0.6 is 0 Å². The van der Waals surface area contributed by atoms with E-state index in [1.807, 2.05) is 6.92 Å². The van der Waals surface area contributed by atoms with E-state index >= 15 is 0 Å². The molecule has 1 aromatic rings. The molecular formula is C14H21N3O4S. The summed E-state index contributed by atoms with van der Waals surface area (Å²) >= 11 is 0. The van der Waals surface area contributed by atoms with Crippen LogP contribution in [0.25, 0.3) is 0 Å². The fraction of sp³-hybridized carbons (Fsp3) is 0.429. The molecule has 7 nitrogen and oxygen atoms in total. The van der Waals surface area contributed by atoms with Crippen molar-refractivity contribution in [1.29, 1.82) is 0 Å². The van der Waals surface area contributed by atoms with Crippen LogP contribution in [0.2, 0.25) is 0 Å². The van der Waals surface area contributed by atoms with E-state index in [1.54, 1.807) is 36.2 Å². The number of nitrogens with zero attached hydrogens (tertiary/aromatic N) is 1. The first-order valence-corrected chi connectivity index (χ1v) is 8.56. The highest BCUT2D eigenvalue weighted by Gasteiger charge is 2.16. The predicted molar refractivity (Wildman–Crippen MR) is 83.2 cm³/mol. The zero-order valence-corrected chi connectivity index (χ0v) is 13.9. The van der Waals surface area contributed by atoms with E-state index in [2.05, 4.69) is 10.6 Å². The Morgan fingerprint density at radius 3 is 2.23 bits per heavy atom. The van der Waals surface area contributed by atoms with E-state index in [1.165, 1.54) is 7.05 Å². The van der Waals surface area contributed by atoms with Crippen molar-refractivity contribution in [3.05, 3.63) is 29.8 Å². The van der Waals surface area contributed by atoms with Crippen molar-refractivity contribution in [1.82, 2.24) is 15.5 Å². The molecule has 1 atom stereocenters. The van der Waals surface area contributed by atoms with E-state index in [-0.39, 0.29) is 17.5 Å². The minimum absolute atomic E-state index is 0.0441. The number of hydrogen-bond acceptors (Lipinski definition) is 5. The van der Waals surface area contributed by atoms with Gasteiger partial charge in [-0.1, -0.05) is 12.1 Å². The lowest BCUT2D eigenvalue weighted by atomic mass is 10.1. The molecule has 0 fully saturated rings. The number of benzene rings is 1. The fourth-order valence-corrected chi connectivity index (χ4v) is 2.47. The van der Waals surface area contributed by atoms with Gasteiger partial charge in [-0.15, -0.1) is 0 Å². The highest BCUT2D eigenvalue weighted by atomic mass is 32.2. The minimum atomic E-state index is -3.22. The SMILES string of the molecule is CNC(=O)NC(=O)CN(C)[C@H](C)c1ccc(S(C)(=O)=O)cc1. The molecule has 22 heavy (non-hydrogen) atoms. The van der Waals surface area contributed by atoms with Gasteiger partial charge in [0.25, 0.3) is 0 Å². The van der Waals surface area contributed by atoms with E-state index < -0.39 is 21.8 Å². The summed E-state index contributed by atoms with van der Waals surface area (Å²) in [6, 6.07) is 5.86. The lowest BCUT2D eigenvalue weighted by Gasteiger charge is -2.24. The maximum atomic E-state index is 11.7. The monoisotopic (exact) mass is 327 g/mol. The Kier molecular flexibility index (Phi) is 6.07. The molecule has 0 aliphatic carbocycles. The Hall–Kier alpha value is -1.93. The summed E-state index contributed by atoms with van der Waals surface area (Å²) in [7, 11) is -0.0457. The van der Waals surface area contributed by atoms with Crippen LogP contribution < -0.4 is 10.6 Å². The molecule has 0 radical (unpaired) electrons. The Balaban J connectivity index is 2.72. The van der Waals surface area contributed by atoms with Crippen molar-refractivity contribution in [2.75, 3.05) is 26.9 Å². The van der Waals surface area contributed by atoms with Gasteiger partial charge in [-0.05, 0) is 31.7 Å². The van der Waals surface area contributed by atoms with Crippen molar-refractivity contribution in [3.63, 3.8) is 0 Å². The lowest BCUT2D eigenvalue weighted by Crippen LogP contribution is -2.43. The van der Waals surface area contributed by atoms with Crippen LogP contribution in [0.4, 0.5) is 4.79 Å². The summed E-state index contributed by atoms with van der Waals surface area (Å²) < 4.78 is 22.8. The second-order valence-corrected chi connectivity index (χ2v) is 7.08. The third kappa shape index (κ3) is 5.12. The first kappa shape index (κ1) is 18.1. The third-order valence-electron chi connectivity index (χ3n) is 3.32. The second-order valence-electron chi connectivity index (χ2n) is 5.06. The molecular weight excluding hydrogens is 306 g/mol. The van der Waals surface area contributed by atoms with Crippen LogP contribution in [-0.2, 0) is 14.6 Å². The Morgan fingerprint density at radius 1 is 1.23 bits per heavy atom. The predicted octanol–water partition coefficient (Wildman–Crippen LogP) is 0.539.